The van der Waals surface area contributed by atoms with Crippen LogP contribution in [-0.4, -0.2) is 10.9 Å². The van der Waals surface area contributed by atoms with Crippen LogP contribution in [0, 0.1) is 19.8 Å². The number of aryl methyl sites for hydroxylation is 2. The molecule has 2 atom stereocenters. The number of carbonyl (C=O) groups is 1. The lowest BCUT2D eigenvalue weighted by molar-refractivity contribution is -0.117. The summed E-state index contributed by atoms with van der Waals surface area (Å²) in [5.41, 5.74) is 2.55. The van der Waals surface area contributed by atoms with E-state index in [1.165, 1.54) is 0 Å². The highest BCUT2D eigenvalue weighted by Crippen LogP contribution is 2.48. The summed E-state index contributed by atoms with van der Waals surface area (Å²) in [6, 6.07) is 11.3. The van der Waals surface area contributed by atoms with Gasteiger partial charge in [-0.1, -0.05) is 0 Å². The predicted octanol–water partition coefficient (Wildman–Crippen LogP) is 4.29. The number of amides is 1. The van der Waals surface area contributed by atoms with Crippen LogP contribution in [-0.2, 0) is 4.79 Å². The Labute approximate surface area is 139 Å². The number of carbonyl (C=O) groups excluding carboxylic acids is 1. The van der Waals surface area contributed by atoms with E-state index < -0.39 is 0 Å². The van der Waals surface area contributed by atoms with Crippen LogP contribution in [0.25, 0.3) is 11.5 Å². The van der Waals surface area contributed by atoms with E-state index in [1.807, 2.05) is 50.2 Å². The second-order valence-corrected chi connectivity index (χ2v) is 6.19. The Hall–Kier alpha value is -2.82. The molecule has 2 aromatic heterocycles. The summed E-state index contributed by atoms with van der Waals surface area (Å²) in [6.07, 6.45) is 2.49. The molecular formula is C19H18N2O3. The topological polar surface area (TPSA) is 68.3 Å². The molecule has 0 unspecified atom stereocenters. The Morgan fingerprint density at radius 2 is 2.00 bits per heavy atom. The second-order valence-electron chi connectivity index (χ2n) is 6.19. The van der Waals surface area contributed by atoms with E-state index >= 15 is 0 Å². The van der Waals surface area contributed by atoms with E-state index in [2.05, 4.69) is 10.3 Å². The summed E-state index contributed by atoms with van der Waals surface area (Å²) in [7, 11) is 0. The number of anilines is 1. The number of aromatic nitrogens is 1. The summed E-state index contributed by atoms with van der Waals surface area (Å²) in [6.45, 7) is 3.81. The molecule has 0 spiro atoms. The van der Waals surface area contributed by atoms with Crippen LogP contribution in [0.5, 0.6) is 0 Å². The van der Waals surface area contributed by atoms with E-state index in [-0.39, 0.29) is 17.7 Å². The van der Waals surface area contributed by atoms with Crippen molar-refractivity contribution in [3.8, 4) is 11.5 Å². The van der Waals surface area contributed by atoms with Gasteiger partial charge in [0, 0.05) is 23.1 Å². The van der Waals surface area contributed by atoms with Crippen LogP contribution < -0.4 is 5.32 Å². The summed E-state index contributed by atoms with van der Waals surface area (Å²) >= 11 is 0. The van der Waals surface area contributed by atoms with Gasteiger partial charge in [0.25, 0.3) is 0 Å². The average Bonchev–Trinajstić information content (AvgIpc) is 3.05. The lowest BCUT2D eigenvalue weighted by atomic mass is 10.2. The van der Waals surface area contributed by atoms with Gasteiger partial charge in [-0.3, -0.25) is 4.79 Å². The molecule has 5 nitrogen and oxygen atoms in total. The largest absolute Gasteiger partial charge is 0.469 e. The molecule has 1 saturated carbocycles. The Morgan fingerprint density at radius 3 is 2.62 bits per heavy atom. The van der Waals surface area contributed by atoms with Crippen LogP contribution in [0.3, 0.4) is 0 Å². The van der Waals surface area contributed by atoms with Gasteiger partial charge in [-0.25, -0.2) is 4.98 Å². The van der Waals surface area contributed by atoms with Gasteiger partial charge in [0.1, 0.15) is 11.5 Å². The number of nitrogens with zero attached hydrogens (tertiary/aromatic N) is 1. The number of hydrogen-bond acceptors (Lipinski definition) is 4. The molecule has 1 aliphatic carbocycles. The van der Waals surface area contributed by atoms with Gasteiger partial charge in [0.05, 0.1) is 12.0 Å². The molecule has 5 heteroatoms. The molecule has 3 aromatic rings. The Morgan fingerprint density at radius 1 is 1.21 bits per heavy atom. The maximum absolute atomic E-state index is 12.3. The quantitative estimate of drug-likeness (QED) is 0.778. The van der Waals surface area contributed by atoms with Crippen molar-refractivity contribution in [1.29, 1.82) is 0 Å². The number of benzene rings is 1. The Kier molecular flexibility index (Phi) is 3.49. The second kappa shape index (κ2) is 5.67. The summed E-state index contributed by atoms with van der Waals surface area (Å²) in [5.74, 6) is 2.54. The lowest BCUT2D eigenvalue weighted by Crippen LogP contribution is -2.14. The maximum atomic E-state index is 12.3. The minimum Gasteiger partial charge on any atom is -0.469 e. The molecule has 1 aliphatic rings. The molecule has 0 aliphatic heterocycles. The molecule has 1 aromatic carbocycles. The van der Waals surface area contributed by atoms with Crippen LogP contribution in [0.1, 0.15) is 29.6 Å². The van der Waals surface area contributed by atoms with Crippen molar-refractivity contribution in [3.05, 3.63) is 59.9 Å². The zero-order valence-corrected chi connectivity index (χ0v) is 13.6. The number of oxazole rings is 1. The highest BCUT2D eigenvalue weighted by Gasteiger charge is 2.45. The molecule has 24 heavy (non-hydrogen) atoms. The molecule has 1 N–H and O–H groups in total. The van der Waals surface area contributed by atoms with Crippen LogP contribution in [0.4, 0.5) is 5.69 Å². The number of rotatable bonds is 4. The van der Waals surface area contributed by atoms with Crippen molar-refractivity contribution in [2.24, 2.45) is 5.92 Å². The van der Waals surface area contributed by atoms with Crippen LogP contribution in [0.15, 0.2) is 51.5 Å². The normalized spacial score (nSPS) is 19.2. The number of furan rings is 1. The van der Waals surface area contributed by atoms with Gasteiger partial charge in [-0.05, 0) is 56.7 Å². The van der Waals surface area contributed by atoms with Crippen molar-refractivity contribution in [2.75, 3.05) is 5.32 Å². The summed E-state index contributed by atoms with van der Waals surface area (Å²) in [4.78, 5) is 16.7. The van der Waals surface area contributed by atoms with Crippen molar-refractivity contribution < 1.29 is 13.6 Å². The fraction of sp³-hybridized carbons (Fsp3) is 0.263. The van der Waals surface area contributed by atoms with Crippen molar-refractivity contribution in [3.63, 3.8) is 0 Å². The van der Waals surface area contributed by atoms with E-state index in [9.17, 15) is 4.79 Å². The van der Waals surface area contributed by atoms with Crippen molar-refractivity contribution in [2.45, 2.75) is 26.2 Å². The first-order valence-electron chi connectivity index (χ1n) is 8.00. The van der Waals surface area contributed by atoms with Crippen LogP contribution in [0.2, 0.25) is 0 Å². The summed E-state index contributed by atoms with van der Waals surface area (Å²) < 4.78 is 11.0. The van der Waals surface area contributed by atoms with Crippen molar-refractivity contribution >= 4 is 11.6 Å². The smallest absolute Gasteiger partial charge is 0.228 e. The van der Waals surface area contributed by atoms with Gasteiger partial charge in [0.2, 0.25) is 11.8 Å². The standard InChI is InChI=1S/C19H18N2O3/c1-11-12(2)24-19(20-11)13-5-7-14(8-6-13)21-18(22)16-10-15(16)17-4-3-9-23-17/h3-9,15-16H,10H2,1-2H3,(H,21,22)/t15-,16-/m1/s1. The minimum absolute atomic E-state index is 0.00661. The fourth-order valence-electron chi connectivity index (χ4n) is 2.83. The lowest BCUT2D eigenvalue weighted by Gasteiger charge is -2.05. The zero-order valence-electron chi connectivity index (χ0n) is 13.6. The third kappa shape index (κ3) is 2.73. The van der Waals surface area contributed by atoms with Gasteiger partial charge in [-0.15, -0.1) is 0 Å². The van der Waals surface area contributed by atoms with Gasteiger partial charge in [-0.2, -0.15) is 0 Å². The Balaban J connectivity index is 1.41. The average molecular weight is 322 g/mol. The third-order valence-electron chi connectivity index (χ3n) is 4.46. The van der Waals surface area contributed by atoms with Crippen LogP contribution >= 0.6 is 0 Å². The van der Waals surface area contributed by atoms with Gasteiger partial charge >= 0.3 is 0 Å². The zero-order chi connectivity index (χ0) is 16.7. The molecule has 0 radical (unpaired) electrons. The van der Waals surface area contributed by atoms with E-state index in [1.54, 1.807) is 6.26 Å². The van der Waals surface area contributed by atoms with Gasteiger partial charge < -0.3 is 14.2 Å². The van der Waals surface area contributed by atoms with Gasteiger partial charge in [0.15, 0.2) is 0 Å². The molecule has 122 valence electrons. The molecule has 2 heterocycles. The molecule has 1 fully saturated rings. The van der Waals surface area contributed by atoms with E-state index in [4.69, 9.17) is 8.83 Å². The molecular weight excluding hydrogens is 304 g/mol. The summed E-state index contributed by atoms with van der Waals surface area (Å²) in [5, 5.41) is 2.96. The van der Waals surface area contributed by atoms with E-state index in [0.717, 1.165) is 34.9 Å². The first kappa shape index (κ1) is 14.8. The Bertz CT molecular complexity index is 843. The fourth-order valence-corrected chi connectivity index (χ4v) is 2.83. The highest BCUT2D eigenvalue weighted by molar-refractivity contribution is 5.95. The predicted molar refractivity (Wildman–Crippen MR) is 89.6 cm³/mol. The monoisotopic (exact) mass is 322 g/mol. The SMILES string of the molecule is Cc1nc(-c2ccc(NC(=O)[C@@H]3C[C@H]3c3ccco3)cc2)oc1C. The third-order valence-corrected chi connectivity index (χ3v) is 4.46. The molecule has 1 amide bonds. The molecule has 0 saturated heterocycles. The minimum atomic E-state index is -0.00661. The number of hydrogen-bond donors (Lipinski definition) is 1. The molecule has 0 bridgehead atoms. The maximum Gasteiger partial charge on any atom is 0.228 e. The van der Waals surface area contributed by atoms with Crippen molar-refractivity contribution in [1.82, 2.24) is 4.98 Å². The molecule has 4 rings (SSSR count). The highest BCUT2D eigenvalue weighted by atomic mass is 16.4. The first-order chi connectivity index (χ1) is 11.6. The first-order valence-corrected chi connectivity index (χ1v) is 8.00. The number of nitrogens with one attached hydrogen (secondary N) is 1. The van der Waals surface area contributed by atoms with E-state index in [0.29, 0.717) is 5.89 Å².